The van der Waals surface area contributed by atoms with E-state index in [1.165, 1.54) is 6.92 Å². The van der Waals surface area contributed by atoms with Crippen LogP contribution in [0.5, 0.6) is 0 Å². The highest BCUT2D eigenvalue weighted by atomic mass is 16.2. The first-order valence-electron chi connectivity index (χ1n) is 2.86. The van der Waals surface area contributed by atoms with Crippen LogP contribution in [0.4, 0.5) is 4.79 Å². The van der Waals surface area contributed by atoms with Crippen molar-refractivity contribution >= 4 is 19.1 Å². The molecule has 0 aliphatic carbocycles. The highest BCUT2D eigenvalue weighted by Crippen LogP contribution is 1.77. The third kappa shape index (κ3) is 3.08. The van der Waals surface area contributed by atoms with Gasteiger partial charge in [0.2, 0.25) is 5.91 Å². The molecule has 0 aliphatic rings. The molecule has 5 nitrogen and oxygen atoms in total. The second-order valence-corrected chi connectivity index (χ2v) is 1.90. The lowest BCUT2D eigenvalue weighted by molar-refractivity contribution is -0.119. The highest BCUT2D eigenvalue weighted by Gasteiger charge is 2.10. The predicted molar refractivity (Wildman–Crippen MR) is 38.5 cm³/mol. The third-order valence-electron chi connectivity index (χ3n) is 0.990. The first kappa shape index (κ1) is 8.96. The van der Waals surface area contributed by atoms with Crippen molar-refractivity contribution in [3.63, 3.8) is 0 Å². The summed E-state index contributed by atoms with van der Waals surface area (Å²) in [4.78, 5) is 20.8. The molecule has 0 radical (unpaired) electrons. The van der Waals surface area contributed by atoms with Gasteiger partial charge in [-0.05, 0) is 6.92 Å². The van der Waals surface area contributed by atoms with E-state index in [2.05, 4.69) is 5.32 Å². The standard InChI is InChI=1S/C4H10BN3O2/c1-2(3(6)9)8-4(10)5-7/h2,5H,7H2,1H3,(H2,6,9)(H,8,10)/t2-/m0/s1. The van der Waals surface area contributed by atoms with Crippen molar-refractivity contribution in [3.05, 3.63) is 0 Å². The van der Waals surface area contributed by atoms with E-state index in [-0.39, 0.29) is 13.2 Å². The van der Waals surface area contributed by atoms with E-state index in [4.69, 9.17) is 11.4 Å². The maximum absolute atomic E-state index is 10.5. The number of nitrogens with one attached hydrogen (secondary N) is 1. The van der Waals surface area contributed by atoms with Gasteiger partial charge in [0, 0.05) is 0 Å². The van der Waals surface area contributed by atoms with Crippen molar-refractivity contribution in [1.29, 1.82) is 0 Å². The smallest absolute Gasteiger partial charge is 0.308 e. The summed E-state index contributed by atoms with van der Waals surface area (Å²) in [6.45, 7) is 1.50. The van der Waals surface area contributed by atoms with Gasteiger partial charge in [0.05, 0.1) is 0 Å². The topological polar surface area (TPSA) is 98.2 Å². The number of primary amides is 1. The van der Waals surface area contributed by atoms with Gasteiger partial charge in [-0.3, -0.25) is 9.59 Å². The van der Waals surface area contributed by atoms with Crippen LogP contribution in [0.15, 0.2) is 0 Å². The highest BCUT2D eigenvalue weighted by molar-refractivity contribution is 6.70. The van der Waals surface area contributed by atoms with Gasteiger partial charge in [0.1, 0.15) is 6.04 Å². The van der Waals surface area contributed by atoms with Crippen molar-refractivity contribution in [2.75, 3.05) is 0 Å². The number of hydrogen-bond donors (Lipinski definition) is 3. The zero-order chi connectivity index (χ0) is 8.15. The summed E-state index contributed by atoms with van der Waals surface area (Å²) in [5, 5.41) is 2.29. The Bertz CT molecular complexity index is 149. The number of carbonyl (C=O) groups excluding carboxylic acids is 2. The SMILES string of the molecule is C[C@H](NC(=O)BN)C(N)=O. The first-order chi connectivity index (χ1) is 4.57. The van der Waals surface area contributed by atoms with Gasteiger partial charge in [0.15, 0.2) is 5.81 Å². The molecular formula is C4H10BN3O2. The lowest BCUT2D eigenvalue weighted by atomic mass is 9.96. The summed E-state index contributed by atoms with van der Waals surface area (Å²) in [5.74, 6) is -0.951. The lowest BCUT2D eigenvalue weighted by Gasteiger charge is -2.07. The average molecular weight is 143 g/mol. The summed E-state index contributed by atoms with van der Waals surface area (Å²) >= 11 is 0. The quantitative estimate of drug-likeness (QED) is 0.394. The Kier molecular flexibility index (Phi) is 3.49. The average Bonchev–Trinajstić information content (AvgIpc) is 1.87. The predicted octanol–water partition coefficient (Wildman–Crippen LogP) is -2.12. The molecular weight excluding hydrogens is 133 g/mol. The van der Waals surface area contributed by atoms with E-state index in [0.717, 1.165) is 0 Å². The van der Waals surface area contributed by atoms with Crippen molar-refractivity contribution in [2.45, 2.75) is 13.0 Å². The fourth-order valence-corrected chi connectivity index (χ4v) is 0.372. The number of hydrogen-bond acceptors (Lipinski definition) is 3. The van der Waals surface area contributed by atoms with E-state index in [9.17, 15) is 9.59 Å². The maximum Gasteiger partial charge on any atom is 0.308 e. The van der Waals surface area contributed by atoms with Crippen molar-refractivity contribution < 1.29 is 9.59 Å². The van der Waals surface area contributed by atoms with Gasteiger partial charge in [-0.1, -0.05) is 0 Å². The van der Waals surface area contributed by atoms with Gasteiger partial charge in [-0.25, -0.2) is 0 Å². The van der Waals surface area contributed by atoms with Crippen LogP contribution in [0.25, 0.3) is 0 Å². The van der Waals surface area contributed by atoms with Crippen LogP contribution in [0.1, 0.15) is 6.92 Å². The Balaban J connectivity index is 3.68. The Morgan fingerprint density at radius 1 is 1.60 bits per heavy atom. The Morgan fingerprint density at radius 3 is 2.40 bits per heavy atom. The molecule has 2 amide bonds. The summed E-state index contributed by atoms with van der Waals surface area (Å²) in [6.07, 6.45) is 0. The van der Waals surface area contributed by atoms with Crippen LogP contribution in [-0.4, -0.2) is 25.2 Å². The number of rotatable bonds is 3. The van der Waals surface area contributed by atoms with Crippen LogP contribution in [0.2, 0.25) is 0 Å². The second-order valence-electron chi connectivity index (χ2n) is 1.90. The monoisotopic (exact) mass is 143 g/mol. The van der Waals surface area contributed by atoms with Crippen LogP contribution < -0.4 is 16.7 Å². The molecule has 5 N–H and O–H groups in total. The third-order valence-corrected chi connectivity index (χ3v) is 0.990. The molecule has 0 bridgehead atoms. The lowest BCUT2D eigenvalue weighted by Crippen LogP contribution is -2.45. The van der Waals surface area contributed by atoms with E-state index in [0.29, 0.717) is 0 Å². The molecule has 6 heteroatoms. The Morgan fingerprint density at radius 2 is 2.10 bits per heavy atom. The fraction of sp³-hybridized carbons (Fsp3) is 0.500. The zero-order valence-electron chi connectivity index (χ0n) is 5.76. The molecule has 0 saturated heterocycles. The Labute approximate surface area is 59.4 Å². The van der Waals surface area contributed by atoms with Gasteiger partial charge >= 0.3 is 7.41 Å². The second kappa shape index (κ2) is 3.89. The van der Waals surface area contributed by atoms with E-state index in [1.54, 1.807) is 0 Å². The summed E-state index contributed by atoms with van der Waals surface area (Å²) in [6, 6.07) is -0.643. The van der Waals surface area contributed by atoms with E-state index in [1.807, 2.05) is 0 Å². The molecule has 0 aromatic heterocycles. The Hall–Kier alpha value is -1.04. The number of carbonyl (C=O) groups is 2. The molecule has 0 saturated carbocycles. The van der Waals surface area contributed by atoms with E-state index < -0.39 is 11.9 Å². The van der Waals surface area contributed by atoms with Gasteiger partial charge < -0.3 is 16.7 Å². The molecule has 0 fully saturated rings. The molecule has 0 spiro atoms. The molecule has 56 valence electrons. The van der Waals surface area contributed by atoms with Crippen LogP contribution in [-0.2, 0) is 4.79 Å². The molecule has 1 atom stereocenters. The van der Waals surface area contributed by atoms with Crippen LogP contribution >= 0.6 is 0 Å². The number of amides is 2. The minimum absolute atomic E-state index is 0.127. The zero-order valence-corrected chi connectivity index (χ0v) is 5.76. The van der Waals surface area contributed by atoms with Crippen LogP contribution in [0, 0.1) is 0 Å². The molecule has 0 unspecified atom stereocenters. The summed E-state index contributed by atoms with van der Waals surface area (Å²) < 4.78 is 0. The minimum Gasteiger partial charge on any atom is -0.368 e. The van der Waals surface area contributed by atoms with Gasteiger partial charge in [-0.2, -0.15) is 0 Å². The van der Waals surface area contributed by atoms with Crippen molar-refractivity contribution in [2.24, 2.45) is 11.4 Å². The maximum atomic E-state index is 10.5. The molecule has 0 rings (SSSR count). The van der Waals surface area contributed by atoms with Gasteiger partial charge in [-0.15, -0.1) is 0 Å². The largest absolute Gasteiger partial charge is 0.368 e. The first-order valence-corrected chi connectivity index (χ1v) is 2.86. The van der Waals surface area contributed by atoms with E-state index >= 15 is 0 Å². The van der Waals surface area contributed by atoms with Crippen molar-refractivity contribution in [3.8, 4) is 0 Å². The minimum atomic E-state index is -0.643. The molecule has 0 heterocycles. The summed E-state index contributed by atoms with van der Waals surface area (Å²) in [7, 11) is -0.127. The van der Waals surface area contributed by atoms with Crippen LogP contribution in [0.3, 0.4) is 0 Å². The fourth-order valence-electron chi connectivity index (χ4n) is 0.372. The molecule has 0 aliphatic heterocycles. The summed E-state index contributed by atoms with van der Waals surface area (Å²) in [5.41, 5.74) is 9.80. The number of nitrogens with two attached hydrogens (primary N) is 2. The molecule has 0 aromatic carbocycles. The normalized spacial score (nSPS) is 11.8. The van der Waals surface area contributed by atoms with Crippen molar-refractivity contribution in [1.82, 2.24) is 5.32 Å². The molecule has 10 heavy (non-hydrogen) atoms. The molecule has 0 aromatic rings. The van der Waals surface area contributed by atoms with Gasteiger partial charge in [0.25, 0.3) is 0 Å².